The van der Waals surface area contributed by atoms with E-state index in [1.807, 2.05) is 0 Å². The first-order valence-electron chi connectivity index (χ1n) is 3.86. The molecule has 0 amide bonds. The molecular formula is C9H6F3NO. The highest BCUT2D eigenvalue weighted by atomic mass is 19.4. The van der Waals surface area contributed by atoms with E-state index in [9.17, 15) is 13.2 Å². The zero-order valence-corrected chi connectivity index (χ0v) is 6.92. The first kappa shape index (κ1) is 8.93. The van der Waals surface area contributed by atoms with Gasteiger partial charge in [0.25, 0.3) is 0 Å². The molecule has 2 nitrogen and oxygen atoms in total. The van der Waals surface area contributed by atoms with Crippen LogP contribution in [-0.2, 0) is 6.18 Å². The first-order chi connectivity index (χ1) is 6.48. The Balaban J connectivity index is 2.63. The minimum atomic E-state index is -4.34. The number of hydrogen-bond acceptors (Lipinski definition) is 1. The molecule has 0 spiro atoms. The molecule has 0 aliphatic carbocycles. The van der Waals surface area contributed by atoms with Gasteiger partial charge in [-0.1, -0.05) is 0 Å². The Morgan fingerprint density at radius 1 is 1.14 bits per heavy atom. The molecule has 1 aromatic carbocycles. The van der Waals surface area contributed by atoms with Crippen molar-refractivity contribution in [1.82, 2.24) is 4.73 Å². The lowest BCUT2D eigenvalue weighted by Crippen LogP contribution is -2.04. The molecule has 1 heterocycles. The van der Waals surface area contributed by atoms with Gasteiger partial charge in [0.1, 0.15) is 0 Å². The fourth-order valence-corrected chi connectivity index (χ4v) is 1.30. The van der Waals surface area contributed by atoms with Gasteiger partial charge in [-0.25, -0.2) is 0 Å². The summed E-state index contributed by atoms with van der Waals surface area (Å²) < 4.78 is 37.5. The zero-order valence-electron chi connectivity index (χ0n) is 6.92. The summed E-state index contributed by atoms with van der Waals surface area (Å²) in [6.45, 7) is 0. The Labute approximate surface area is 77.1 Å². The van der Waals surface area contributed by atoms with Gasteiger partial charge >= 0.3 is 6.18 Å². The molecule has 1 N–H and O–H groups in total. The molecule has 5 heteroatoms. The molecule has 0 fully saturated rings. The van der Waals surface area contributed by atoms with Crippen LogP contribution in [0.25, 0.3) is 10.9 Å². The van der Waals surface area contributed by atoms with Crippen molar-refractivity contribution in [2.75, 3.05) is 0 Å². The van der Waals surface area contributed by atoms with Crippen molar-refractivity contribution in [3.05, 3.63) is 36.0 Å². The Morgan fingerprint density at radius 3 is 2.50 bits per heavy atom. The summed E-state index contributed by atoms with van der Waals surface area (Å²) in [6, 6.07) is 4.60. The lowest BCUT2D eigenvalue weighted by Gasteiger charge is -2.05. The molecule has 74 valence electrons. The van der Waals surface area contributed by atoms with Crippen LogP contribution in [0.2, 0.25) is 0 Å². The second-order valence-electron chi connectivity index (χ2n) is 2.93. The van der Waals surface area contributed by atoms with Crippen molar-refractivity contribution >= 4 is 10.9 Å². The maximum atomic E-state index is 12.3. The lowest BCUT2D eigenvalue weighted by molar-refractivity contribution is -0.137. The largest absolute Gasteiger partial charge is 0.428 e. The zero-order chi connectivity index (χ0) is 10.3. The van der Waals surface area contributed by atoms with Crippen LogP contribution in [0.4, 0.5) is 13.2 Å². The first-order valence-corrected chi connectivity index (χ1v) is 3.86. The summed E-state index contributed by atoms with van der Waals surface area (Å²) in [5, 5.41) is 9.50. The Bertz CT molecular complexity index is 472. The summed E-state index contributed by atoms with van der Waals surface area (Å²) in [5.74, 6) is 0. The quantitative estimate of drug-likeness (QED) is 0.651. The summed E-state index contributed by atoms with van der Waals surface area (Å²) in [5.41, 5.74) is -0.353. The van der Waals surface area contributed by atoms with Crippen LogP contribution in [0.15, 0.2) is 30.5 Å². The Morgan fingerprint density at radius 2 is 1.86 bits per heavy atom. The Hall–Kier alpha value is -1.65. The van der Waals surface area contributed by atoms with E-state index in [1.54, 1.807) is 0 Å². The number of nitrogens with zero attached hydrogens (tertiary/aromatic N) is 1. The smallest absolute Gasteiger partial charge is 0.416 e. The molecule has 2 aromatic rings. The summed E-state index contributed by atoms with van der Waals surface area (Å²) in [6.07, 6.45) is -3.05. The second kappa shape index (κ2) is 2.67. The third-order valence-corrected chi connectivity index (χ3v) is 2.00. The maximum Gasteiger partial charge on any atom is 0.416 e. The predicted molar refractivity (Wildman–Crippen MR) is 44.1 cm³/mol. The van der Waals surface area contributed by atoms with Crippen molar-refractivity contribution < 1.29 is 18.4 Å². The van der Waals surface area contributed by atoms with Crippen LogP contribution in [-0.4, -0.2) is 9.94 Å². The van der Waals surface area contributed by atoms with Gasteiger partial charge in [-0.15, -0.1) is 0 Å². The van der Waals surface area contributed by atoms with E-state index < -0.39 is 11.7 Å². The number of benzene rings is 1. The molecule has 0 aliphatic rings. The van der Waals surface area contributed by atoms with Crippen LogP contribution < -0.4 is 0 Å². The van der Waals surface area contributed by atoms with Crippen molar-refractivity contribution in [1.29, 1.82) is 0 Å². The molecule has 0 unspecified atom stereocenters. The molecule has 0 bridgehead atoms. The summed E-state index contributed by atoms with van der Waals surface area (Å²) in [7, 11) is 0. The number of hydrogen-bond donors (Lipinski definition) is 1. The van der Waals surface area contributed by atoms with Crippen LogP contribution >= 0.6 is 0 Å². The molecule has 14 heavy (non-hydrogen) atoms. The van der Waals surface area contributed by atoms with E-state index in [-0.39, 0.29) is 0 Å². The van der Waals surface area contributed by atoms with Crippen molar-refractivity contribution in [3.8, 4) is 0 Å². The highest BCUT2D eigenvalue weighted by Crippen LogP contribution is 2.31. The SMILES string of the molecule is On1ccc2cc(C(F)(F)F)ccc21. The third kappa shape index (κ3) is 1.30. The number of alkyl halides is 3. The number of fused-ring (bicyclic) bond motifs is 1. The second-order valence-corrected chi connectivity index (χ2v) is 2.93. The number of aromatic nitrogens is 1. The normalized spacial score (nSPS) is 12.2. The van der Waals surface area contributed by atoms with Gasteiger partial charge in [0.05, 0.1) is 11.1 Å². The van der Waals surface area contributed by atoms with E-state index in [0.717, 1.165) is 16.9 Å². The van der Waals surface area contributed by atoms with Crippen LogP contribution in [0.5, 0.6) is 0 Å². The maximum absolute atomic E-state index is 12.3. The monoisotopic (exact) mass is 201 g/mol. The van der Waals surface area contributed by atoms with Gasteiger partial charge in [0, 0.05) is 11.6 Å². The molecule has 2 rings (SSSR count). The van der Waals surface area contributed by atoms with Gasteiger partial charge < -0.3 is 5.21 Å². The fraction of sp³-hybridized carbons (Fsp3) is 0.111. The van der Waals surface area contributed by atoms with Crippen LogP contribution in [0.3, 0.4) is 0 Å². The van der Waals surface area contributed by atoms with Gasteiger partial charge in [0.15, 0.2) is 0 Å². The molecule has 0 aliphatic heterocycles. The van der Waals surface area contributed by atoms with Gasteiger partial charge in [0.2, 0.25) is 0 Å². The number of halogens is 3. The van der Waals surface area contributed by atoms with E-state index in [0.29, 0.717) is 10.9 Å². The lowest BCUT2D eigenvalue weighted by atomic mass is 10.1. The van der Waals surface area contributed by atoms with Crippen molar-refractivity contribution in [3.63, 3.8) is 0 Å². The summed E-state index contributed by atoms with van der Waals surface area (Å²) >= 11 is 0. The minimum Gasteiger partial charge on any atom is -0.428 e. The van der Waals surface area contributed by atoms with E-state index in [1.165, 1.54) is 18.3 Å². The topological polar surface area (TPSA) is 25.2 Å². The number of rotatable bonds is 0. The van der Waals surface area contributed by atoms with Gasteiger partial charge in [-0.3, -0.25) is 0 Å². The standard InChI is InChI=1S/C9H6F3NO/c10-9(11,12)7-1-2-8-6(5-7)3-4-13(8)14/h1-5,14H. The van der Waals surface area contributed by atoms with Gasteiger partial charge in [-0.05, 0) is 24.3 Å². The van der Waals surface area contributed by atoms with Crippen LogP contribution in [0, 0.1) is 0 Å². The van der Waals surface area contributed by atoms with E-state index >= 15 is 0 Å². The average Bonchev–Trinajstić information content (AvgIpc) is 2.46. The Kier molecular flexibility index (Phi) is 1.70. The molecule has 0 radical (unpaired) electrons. The molecular weight excluding hydrogens is 195 g/mol. The molecule has 0 saturated heterocycles. The molecule has 1 aromatic heterocycles. The van der Waals surface area contributed by atoms with Crippen LogP contribution in [0.1, 0.15) is 5.56 Å². The van der Waals surface area contributed by atoms with Crippen molar-refractivity contribution in [2.45, 2.75) is 6.18 Å². The third-order valence-electron chi connectivity index (χ3n) is 2.00. The highest BCUT2D eigenvalue weighted by Gasteiger charge is 2.30. The predicted octanol–water partition coefficient (Wildman–Crippen LogP) is 2.90. The molecule has 0 atom stereocenters. The average molecular weight is 201 g/mol. The van der Waals surface area contributed by atoms with E-state index in [4.69, 9.17) is 5.21 Å². The van der Waals surface area contributed by atoms with E-state index in [2.05, 4.69) is 0 Å². The van der Waals surface area contributed by atoms with Crippen molar-refractivity contribution in [2.24, 2.45) is 0 Å². The highest BCUT2D eigenvalue weighted by molar-refractivity contribution is 5.80. The van der Waals surface area contributed by atoms with Gasteiger partial charge in [-0.2, -0.15) is 17.9 Å². The fourth-order valence-electron chi connectivity index (χ4n) is 1.30. The molecule has 0 saturated carbocycles. The minimum absolute atomic E-state index is 0.359. The summed E-state index contributed by atoms with van der Waals surface area (Å²) in [4.78, 5) is 0.